The molecule has 5 heterocycles. The number of halogens is 1. The second-order valence-electron chi connectivity index (χ2n) is 8.97. The van der Waals surface area contributed by atoms with E-state index >= 15 is 0 Å². The van der Waals surface area contributed by atoms with E-state index in [2.05, 4.69) is 30.1 Å². The maximum absolute atomic E-state index is 14.5. The van der Waals surface area contributed by atoms with Gasteiger partial charge in [0, 0.05) is 46.7 Å². The highest BCUT2D eigenvalue weighted by atomic mass is 32.2. The van der Waals surface area contributed by atoms with Crippen LogP contribution < -0.4 is 0 Å². The minimum atomic E-state index is -3.17. The van der Waals surface area contributed by atoms with E-state index in [-0.39, 0.29) is 12.2 Å². The molecule has 184 valence electrons. The van der Waals surface area contributed by atoms with Crippen molar-refractivity contribution in [1.29, 1.82) is 0 Å². The highest BCUT2D eigenvalue weighted by Gasteiger charge is 2.16. The molecule has 0 amide bonds. The minimum absolute atomic E-state index is 0.0475. The first-order valence-electron chi connectivity index (χ1n) is 11.5. The van der Waals surface area contributed by atoms with Gasteiger partial charge in [-0.1, -0.05) is 12.1 Å². The Morgan fingerprint density at radius 2 is 1.84 bits per heavy atom. The Hall–Kier alpha value is -4.44. The molecule has 5 aromatic heterocycles. The monoisotopic (exact) mass is 512 g/mol. The molecular weight excluding hydrogens is 491 g/mol. The second kappa shape index (κ2) is 8.90. The lowest BCUT2D eigenvalue weighted by atomic mass is 10.0. The van der Waals surface area contributed by atoms with Crippen LogP contribution >= 0.6 is 0 Å². The van der Waals surface area contributed by atoms with E-state index in [4.69, 9.17) is 0 Å². The average Bonchev–Trinajstić information content (AvgIpc) is 3.51. The molecule has 0 fully saturated rings. The summed E-state index contributed by atoms with van der Waals surface area (Å²) >= 11 is 0. The van der Waals surface area contributed by atoms with Crippen LogP contribution in [0.15, 0.2) is 73.3 Å². The summed E-state index contributed by atoms with van der Waals surface area (Å²) in [6.45, 7) is 0. The third-order valence-corrected chi connectivity index (χ3v) is 7.16. The fourth-order valence-corrected chi connectivity index (χ4v) is 5.05. The van der Waals surface area contributed by atoms with Crippen LogP contribution in [0, 0.1) is 5.82 Å². The van der Waals surface area contributed by atoms with Gasteiger partial charge in [0.2, 0.25) is 0 Å². The van der Waals surface area contributed by atoms with Gasteiger partial charge in [-0.3, -0.25) is 15.1 Å². The lowest BCUT2D eigenvalue weighted by Gasteiger charge is -2.07. The third kappa shape index (κ3) is 4.58. The van der Waals surface area contributed by atoms with E-state index in [0.29, 0.717) is 16.8 Å². The molecule has 0 spiro atoms. The number of aromatic nitrogens is 6. The molecule has 0 atom stereocenters. The molecule has 10 heteroatoms. The molecule has 0 aliphatic carbocycles. The van der Waals surface area contributed by atoms with Crippen molar-refractivity contribution < 1.29 is 12.8 Å². The van der Waals surface area contributed by atoms with Gasteiger partial charge in [0.1, 0.15) is 15.7 Å². The number of aromatic amines is 2. The molecule has 0 bridgehead atoms. The molecule has 0 aliphatic rings. The van der Waals surface area contributed by atoms with Crippen molar-refractivity contribution >= 4 is 31.8 Å². The molecule has 37 heavy (non-hydrogen) atoms. The number of nitrogens with one attached hydrogen (secondary N) is 2. The quantitative estimate of drug-likeness (QED) is 0.326. The normalized spacial score (nSPS) is 11.9. The Kier molecular flexibility index (Phi) is 5.53. The van der Waals surface area contributed by atoms with E-state index in [1.165, 1.54) is 18.4 Å². The first kappa shape index (κ1) is 23.0. The summed E-state index contributed by atoms with van der Waals surface area (Å²) in [7, 11) is -3.17. The summed E-state index contributed by atoms with van der Waals surface area (Å²) in [5.41, 5.74) is 6.53. The predicted molar refractivity (Wildman–Crippen MR) is 141 cm³/mol. The number of pyridine rings is 3. The molecule has 6 aromatic rings. The van der Waals surface area contributed by atoms with Crippen LogP contribution in [0.2, 0.25) is 0 Å². The molecular formula is C27H21FN6O2S. The van der Waals surface area contributed by atoms with Crippen LogP contribution in [-0.2, 0) is 16.3 Å². The van der Waals surface area contributed by atoms with Gasteiger partial charge >= 0.3 is 0 Å². The zero-order chi connectivity index (χ0) is 25.6. The number of rotatable bonds is 6. The summed E-state index contributed by atoms with van der Waals surface area (Å²) in [5.74, 6) is -0.477. The van der Waals surface area contributed by atoms with Gasteiger partial charge in [-0.05, 0) is 53.9 Å². The molecule has 6 rings (SSSR count). The van der Waals surface area contributed by atoms with Gasteiger partial charge in [0.15, 0.2) is 5.65 Å². The molecule has 0 saturated carbocycles. The second-order valence-corrected chi connectivity index (χ2v) is 11.2. The maximum atomic E-state index is 14.5. The fourth-order valence-electron chi connectivity index (χ4n) is 4.45. The third-order valence-electron chi connectivity index (χ3n) is 6.22. The fraction of sp³-hybridized carbons (Fsp3) is 0.111. The lowest BCUT2D eigenvalue weighted by Crippen LogP contribution is -2.06. The number of hydrogen-bond acceptors (Lipinski definition) is 6. The van der Waals surface area contributed by atoms with Gasteiger partial charge in [-0.15, -0.1) is 0 Å². The maximum Gasteiger partial charge on any atom is 0.181 e. The number of sulfone groups is 1. The Morgan fingerprint density at radius 3 is 2.65 bits per heavy atom. The molecule has 0 aliphatic heterocycles. The molecule has 8 nitrogen and oxygen atoms in total. The highest BCUT2D eigenvalue weighted by molar-refractivity contribution is 7.90. The lowest BCUT2D eigenvalue weighted by molar-refractivity contribution is 0.600. The molecule has 0 saturated heterocycles. The first-order valence-corrected chi connectivity index (χ1v) is 13.6. The SMILES string of the molecule is CS(=O)(=O)CCc1cc(F)cc(-c2cncc3[nH]c(-c4[nH]nc5ncc(-c6ccccn6)cc45)cc23)c1. The molecule has 0 radical (unpaired) electrons. The summed E-state index contributed by atoms with van der Waals surface area (Å²) < 4.78 is 37.7. The molecule has 1 aromatic carbocycles. The van der Waals surface area contributed by atoms with E-state index in [1.807, 2.05) is 36.4 Å². The van der Waals surface area contributed by atoms with E-state index in [0.717, 1.165) is 44.5 Å². The van der Waals surface area contributed by atoms with E-state index < -0.39 is 15.7 Å². The van der Waals surface area contributed by atoms with E-state index in [1.54, 1.807) is 24.8 Å². The predicted octanol–water partition coefficient (Wildman–Crippen LogP) is 4.96. The summed E-state index contributed by atoms with van der Waals surface area (Å²) in [6.07, 6.45) is 8.28. The average molecular weight is 513 g/mol. The van der Waals surface area contributed by atoms with Crippen molar-refractivity contribution in [3.8, 4) is 33.8 Å². The van der Waals surface area contributed by atoms with Crippen LogP contribution in [0.1, 0.15) is 5.56 Å². The number of nitrogens with zero attached hydrogens (tertiary/aromatic N) is 4. The zero-order valence-corrected chi connectivity index (χ0v) is 20.6. The van der Waals surface area contributed by atoms with Gasteiger partial charge in [0.25, 0.3) is 0 Å². The van der Waals surface area contributed by atoms with Crippen LogP contribution in [0.4, 0.5) is 4.39 Å². The summed E-state index contributed by atoms with van der Waals surface area (Å²) in [5, 5.41) is 9.11. The van der Waals surface area contributed by atoms with Gasteiger partial charge in [-0.25, -0.2) is 17.8 Å². The Bertz CT molecular complexity index is 1880. The van der Waals surface area contributed by atoms with Crippen LogP contribution in [-0.4, -0.2) is 50.6 Å². The Morgan fingerprint density at radius 1 is 0.946 bits per heavy atom. The van der Waals surface area contributed by atoms with Gasteiger partial charge < -0.3 is 4.98 Å². The number of benzene rings is 1. The Labute approximate surface area is 211 Å². The largest absolute Gasteiger partial charge is 0.352 e. The highest BCUT2D eigenvalue weighted by Crippen LogP contribution is 2.34. The summed E-state index contributed by atoms with van der Waals surface area (Å²) in [6, 6.07) is 14.3. The van der Waals surface area contributed by atoms with E-state index in [9.17, 15) is 12.8 Å². The molecule has 2 N–H and O–H groups in total. The van der Waals surface area contributed by atoms with Gasteiger partial charge in [0.05, 0.1) is 34.5 Å². The number of H-pyrrole nitrogens is 2. The van der Waals surface area contributed by atoms with Crippen molar-refractivity contribution in [2.75, 3.05) is 12.0 Å². The van der Waals surface area contributed by atoms with Crippen LogP contribution in [0.3, 0.4) is 0 Å². The van der Waals surface area contributed by atoms with Crippen molar-refractivity contribution in [3.63, 3.8) is 0 Å². The number of fused-ring (bicyclic) bond motifs is 2. The Balaban J connectivity index is 1.44. The van der Waals surface area contributed by atoms with Crippen molar-refractivity contribution in [1.82, 2.24) is 30.1 Å². The van der Waals surface area contributed by atoms with Crippen molar-refractivity contribution in [2.24, 2.45) is 0 Å². The van der Waals surface area contributed by atoms with Crippen LogP contribution in [0.25, 0.3) is 55.7 Å². The molecule has 0 unspecified atom stereocenters. The minimum Gasteiger partial charge on any atom is -0.352 e. The first-order chi connectivity index (χ1) is 17.8. The standard InChI is InChI=1S/C27H21FN6O2S/c1-37(35,36)7-5-16-8-17(10-19(28)9-16)22-14-29-15-25-20(22)12-24(32-25)26-21-11-18(13-31-27(21)34-33-26)23-4-2-3-6-30-23/h2-4,6,8-15,32H,5,7H2,1H3,(H,31,33,34). The topological polar surface area (TPSA) is 117 Å². The number of hydrogen-bond donors (Lipinski definition) is 2. The van der Waals surface area contributed by atoms with Crippen molar-refractivity contribution in [2.45, 2.75) is 6.42 Å². The number of aryl methyl sites for hydroxylation is 1. The van der Waals surface area contributed by atoms with Gasteiger partial charge in [-0.2, -0.15) is 5.10 Å². The van der Waals surface area contributed by atoms with Crippen LogP contribution in [0.5, 0.6) is 0 Å². The smallest absolute Gasteiger partial charge is 0.181 e. The summed E-state index contributed by atoms with van der Waals surface area (Å²) in [4.78, 5) is 16.6. The van der Waals surface area contributed by atoms with Crippen molar-refractivity contribution in [3.05, 3.63) is 84.7 Å². The zero-order valence-electron chi connectivity index (χ0n) is 19.7.